The number of benzene rings is 1. The van der Waals surface area contributed by atoms with Gasteiger partial charge in [-0.3, -0.25) is 4.31 Å². The average molecular weight is 328 g/mol. The molecule has 4 nitrogen and oxygen atoms in total. The molecule has 2 rings (SSSR count). The highest BCUT2D eigenvalue weighted by atomic mass is 32.2. The first-order valence-electron chi connectivity index (χ1n) is 6.48. The lowest BCUT2D eigenvalue weighted by molar-refractivity contribution is 0.586. The van der Waals surface area contributed by atoms with E-state index < -0.39 is 15.8 Å². The summed E-state index contributed by atoms with van der Waals surface area (Å²) in [6, 6.07) is 7.42. The van der Waals surface area contributed by atoms with Gasteiger partial charge in [0.2, 0.25) is 0 Å². The van der Waals surface area contributed by atoms with Crippen LogP contribution in [0.25, 0.3) is 0 Å². The predicted octanol–water partition coefficient (Wildman–Crippen LogP) is 2.87. The molecule has 21 heavy (non-hydrogen) atoms. The van der Waals surface area contributed by atoms with Crippen molar-refractivity contribution in [2.75, 3.05) is 10.8 Å². The van der Waals surface area contributed by atoms with E-state index >= 15 is 0 Å². The van der Waals surface area contributed by atoms with Crippen LogP contribution in [0.4, 0.5) is 10.1 Å². The van der Waals surface area contributed by atoms with E-state index in [2.05, 4.69) is 0 Å². The Kier molecular flexibility index (Phi) is 4.65. The summed E-state index contributed by atoms with van der Waals surface area (Å²) in [4.78, 5) is 1.64. The van der Waals surface area contributed by atoms with E-state index in [1.807, 2.05) is 0 Å². The fourth-order valence-corrected chi connectivity index (χ4v) is 5.09. The van der Waals surface area contributed by atoms with Gasteiger partial charge in [0, 0.05) is 22.8 Å². The fourth-order valence-electron chi connectivity index (χ4n) is 2.12. The van der Waals surface area contributed by atoms with Crippen molar-refractivity contribution in [1.82, 2.24) is 0 Å². The van der Waals surface area contributed by atoms with Gasteiger partial charge in [0.25, 0.3) is 10.0 Å². The summed E-state index contributed by atoms with van der Waals surface area (Å²) in [5.41, 5.74) is 5.62. The van der Waals surface area contributed by atoms with Gasteiger partial charge in [-0.2, -0.15) is 0 Å². The van der Waals surface area contributed by atoms with Crippen molar-refractivity contribution in [3.05, 3.63) is 45.9 Å². The summed E-state index contributed by atoms with van der Waals surface area (Å²) < 4.78 is 40.6. The largest absolute Gasteiger partial charge is 0.326 e. The highest BCUT2D eigenvalue weighted by Crippen LogP contribution is 2.31. The van der Waals surface area contributed by atoms with Gasteiger partial charge in [0.05, 0.1) is 5.69 Å². The molecule has 7 heteroatoms. The molecule has 114 valence electrons. The van der Waals surface area contributed by atoms with Crippen molar-refractivity contribution in [3.63, 3.8) is 0 Å². The third kappa shape index (κ3) is 2.95. The zero-order valence-electron chi connectivity index (χ0n) is 11.8. The molecule has 0 aliphatic heterocycles. The predicted molar refractivity (Wildman–Crippen MR) is 83.6 cm³/mol. The molecule has 1 aromatic heterocycles. The second-order valence-electron chi connectivity index (χ2n) is 4.46. The van der Waals surface area contributed by atoms with Crippen LogP contribution in [0.1, 0.15) is 16.7 Å². The number of thiophene rings is 1. The first kappa shape index (κ1) is 15.9. The minimum Gasteiger partial charge on any atom is -0.326 e. The lowest BCUT2D eigenvalue weighted by atomic mass is 10.3. The van der Waals surface area contributed by atoms with Gasteiger partial charge in [0.15, 0.2) is 0 Å². The fraction of sp³-hybridized carbons (Fsp3) is 0.286. The van der Waals surface area contributed by atoms with Crippen LogP contribution in [0.5, 0.6) is 0 Å². The summed E-state index contributed by atoms with van der Waals surface area (Å²) in [6.45, 7) is 3.84. The lowest BCUT2D eigenvalue weighted by Gasteiger charge is -2.23. The van der Waals surface area contributed by atoms with Crippen LogP contribution in [0, 0.1) is 12.7 Å². The molecule has 0 spiro atoms. The third-order valence-corrected chi connectivity index (χ3v) is 6.32. The van der Waals surface area contributed by atoms with Gasteiger partial charge in [-0.05, 0) is 32.0 Å². The topological polar surface area (TPSA) is 63.4 Å². The zero-order chi connectivity index (χ0) is 15.6. The quantitative estimate of drug-likeness (QED) is 0.918. The highest BCUT2D eigenvalue weighted by Gasteiger charge is 2.28. The van der Waals surface area contributed by atoms with E-state index in [4.69, 9.17) is 5.73 Å². The summed E-state index contributed by atoms with van der Waals surface area (Å²) in [6.07, 6.45) is 0. The van der Waals surface area contributed by atoms with Crippen LogP contribution in [0.3, 0.4) is 0 Å². The molecule has 0 saturated heterocycles. The number of anilines is 1. The molecule has 0 radical (unpaired) electrons. The molecule has 0 aliphatic carbocycles. The Balaban J connectivity index is 2.55. The molecule has 0 amide bonds. The van der Waals surface area contributed by atoms with Crippen LogP contribution >= 0.6 is 11.3 Å². The minimum atomic E-state index is -3.80. The number of hydrogen-bond donors (Lipinski definition) is 1. The van der Waals surface area contributed by atoms with Gasteiger partial charge in [-0.15, -0.1) is 11.3 Å². The third-order valence-electron chi connectivity index (χ3n) is 3.10. The Bertz CT molecular complexity index is 741. The number of nitrogens with zero attached hydrogens (tertiary/aromatic N) is 1. The van der Waals surface area contributed by atoms with Crippen molar-refractivity contribution in [2.45, 2.75) is 25.3 Å². The molecule has 1 heterocycles. The number of para-hydroxylation sites is 1. The smallest absolute Gasteiger partial charge is 0.265 e. The molecule has 0 atom stereocenters. The average Bonchev–Trinajstić information content (AvgIpc) is 2.83. The van der Waals surface area contributed by atoms with Gasteiger partial charge < -0.3 is 5.73 Å². The molecule has 0 saturated carbocycles. The molecule has 0 aliphatic rings. The van der Waals surface area contributed by atoms with E-state index in [9.17, 15) is 12.8 Å². The van der Waals surface area contributed by atoms with E-state index in [-0.39, 0.29) is 23.7 Å². The maximum Gasteiger partial charge on any atom is 0.265 e. The van der Waals surface area contributed by atoms with Crippen LogP contribution in [0.15, 0.2) is 35.2 Å². The lowest BCUT2D eigenvalue weighted by Crippen LogP contribution is -2.31. The van der Waals surface area contributed by atoms with Gasteiger partial charge in [-0.25, -0.2) is 12.8 Å². The summed E-state index contributed by atoms with van der Waals surface area (Å²) in [5.74, 6) is -0.560. The molecule has 2 aromatic rings. The Labute approximate surface area is 128 Å². The molecule has 0 unspecified atom stereocenters. The van der Waals surface area contributed by atoms with Crippen molar-refractivity contribution in [3.8, 4) is 0 Å². The standard InChI is InChI=1S/C14H17FN2O2S2/c1-3-17(13-7-5-4-6-12(13)15)21(18,19)14-8-11(9-16)20-10(14)2/h4-8H,3,9,16H2,1-2H3. The SMILES string of the molecule is CCN(c1ccccc1F)S(=O)(=O)c1cc(CN)sc1C. The van der Waals surface area contributed by atoms with Crippen LogP contribution < -0.4 is 10.0 Å². The van der Waals surface area contributed by atoms with Crippen molar-refractivity contribution < 1.29 is 12.8 Å². The molecule has 0 bridgehead atoms. The Morgan fingerprint density at radius 3 is 2.52 bits per heavy atom. The molecule has 2 N–H and O–H groups in total. The molecular formula is C14H17FN2O2S2. The second kappa shape index (κ2) is 6.13. The van der Waals surface area contributed by atoms with Gasteiger partial charge in [0.1, 0.15) is 10.7 Å². The molecular weight excluding hydrogens is 311 g/mol. The van der Waals surface area contributed by atoms with Crippen molar-refractivity contribution in [1.29, 1.82) is 0 Å². The number of nitrogens with two attached hydrogens (primary N) is 1. The first-order valence-corrected chi connectivity index (χ1v) is 8.74. The molecule has 1 aromatic carbocycles. The zero-order valence-corrected chi connectivity index (χ0v) is 13.5. The maximum atomic E-state index is 13.9. The van der Waals surface area contributed by atoms with E-state index in [0.717, 1.165) is 9.18 Å². The van der Waals surface area contributed by atoms with E-state index in [1.165, 1.54) is 29.5 Å². The first-order chi connectivity index (χ1) is 9.91. The Hall–Kier alpha value is -1.44. The molecule has 0 fully saturated rings. The van der Waals surface area contributed by atoms with Crippen LogP contribution in [-0.4, -0.2) is 15.0 Å². The maximum absolute atomic E-state index is 13.9. The highest BCUT2D eigenvalue weighted by molar-refractivity contribution is 7.93. The van der Waals surface area contributed by atoms with Crippen LogP contribution in [0.2, 0.25) is 0 Å². The number of sulfonamides is 1. The summed E-state index contributed by atoms with van der Waals surface area (Å²) in [5, 5.41) is 0. The number of halogens is 1. The van der Waals surface area contributed by atoms with Crippen molar-refractivity contribution >= 4 is 27.0 Å². The Morgan fingerprint density at radius 1 is 1.33 bits per heavy atom. The van der Waals surface area contributed by atoms with Crippen LogP contribution in [-0.2, 0) is 16.6 Å². The Morgan fingerprint density at radius 2 is 2.00 bits per heavy atom. The van der Waals surface area contributed by atoms with Gasteiger partial charge >= 0.3 is 0 Å². The summed E-state index contributed by atoms with van der Waals surface area (Å²) in [7, 11) is -3.80. The number of aryl methyl sites for hydroxylation is 1. The normalized spacial score (nSPS) is 11.6. The van der Waals surface area contributed by atoms with Crippen molar-refractivity contribution in [2.24, 2.45) is 5.73 Å². The minimum absolute atomic E-state index is 0.0555. The second-order valence-corrected chi connectivity index (χ2v) is 7.63. The van der Waals surface area contributed by atoms with E-state index in [1.54, 1.807) is 26.0 Å². The number of hydrogen-bond acceptors (Lipinski definition) is 4. The van der Waals surface area contributed by atoms with Gasteiger partial charge in [-0.1, -0.05) is 12.1 Å². The number of rotatable bonds is 5. The summed E-state index contributed by atoms with van der Waals surface area (Å²) >= 11 is 1.34. The monoisotopic (exact) mass is 328 g/mol. The van der Waals surface area contributed by atoms with E-state index in [0.29, 0.717) is 4.88 Å².